The molecule has 11 atom stereocenters. The van der Waals surface area contributed by atoms with Crippen LogP contribution in [0.5, 0.6) is 0 Å². The molecule has 15 nitrogen and oxygen atoms in total. The van der Waals surface area contributed by atoms with E-state index in [2.05, 4.69) is 5.32 Å². The molecule has 1 amide bonds. The number of amides is 1. The minimum atomic E-state index is -2.39. The van der Waals surface area contributed by atoms with Crippen LogP contribution in [0.25, 0.3) is 0 Å². The van der Waals surface area contributed by atoms with E-state index in [0.717, 1.165) is 13.8 Å². The molecule has 2 bridgehead atoms. The van der Waals surface area contributed by atoms with Gasteiger partial charge in [-0.05, 0) is 54.8 Å². The molecule has 4 N–H and O–H groups in total. The first-order chi connectivity index (χ1) is 29.3. The third-order valence-electron chi connectivity index (χ3n) is 13.5. The summed E-state index contributed by atoms with van der Waals surface area (Å²) in [6, 6.07) is 22.9. The van der Waals surface area contributed by atoms with Crippen molar-refractivity contribution in [2.24, 2.45) is 16.7 Å². The molecular formula is C47H51NO14. The van der Waals surface area contributed by atoms with Gasteiger partial charge in [0.25, 0.3) is 5.91 Å². The molecule has 1 aliphatic heterocycles. The van der Waals surface area contributed by atoms with Gasteiger partial charge in [-0.15, -0.1) is 0 Å². The van der Waals surface area contributed by atoms with Crippen LogP contribution in [0.15, 0.2) is 102 Å². The normalized spacial score (nSPS) is 31.9. The van der Waals surface area contributed by atoms with Crippen LogP contribution in [0.2, 0.25) is 0 Å². The topological polar surface area (TPSA) is 221 Å². The fraction of sp³-hybridized carbons (Fsp3) is 0.447. The second-order valence-corrected chi connectivity index (χ2v) is 17.4. The van der Waals surface area contributed by atoms with Crippen molar-refractivity contribution in [3.63, 3.8) is 0 Å². The molecule has 0 spiro atoms. The summed E-state index contributed by atoms with van der Waals surface area (Å²) in [6.07, 6.45) is -10.5. The fourth-order valence-electron chi connectivity index (χ4n) is 10.2. The van der Waals surface area contributed by atoms with Crippen molar-refractivity contribution in [1.82, 2.24) is 5.32 Å². The van der Waals surface area contributed by atoms with E-state index in [0.29, 0.717) is 5.56 Å². The minimum absolute atomic E-state index is 0.00289. The highest BCUT2D eigenvalue weighted by Crippen LogP contribution is 2.64. The number of hydrogen-bond acceptors (Lipinski definition) is 14. The Labute approximate surface area is 358 Å². The van der Waals surface area contributed by atoms with Gasteiger partial charge >= 0.3 is 23.9 Å². The number of ether oxygens (including phenoxy) is 5. The molecule has 15 heteroatoms. The maximum absolute atomic E-state index is 15.5. The molecule has 3 aromatic carbocycles. The Kier molecular flexibility index (Phi) is 11.8. The van der Waals surface area contributed by atoms with Gasteiger partial charge in [0.1, 0.15) is 23.9 Å². The number of fused-ring (bicyclic) bond motifs is 5. The lowest BCUT2D eigenvalue weighted by Gasteiger charge is -2.67. The maximum atomic E-state index is 15.5. The van der Waals surface area contributed by atoms with Crippen LogP contribution in [-0.2, 0) is 42.9 Å². The highest BCUT2D eigenvalue weighted by Gasteiger charge is 2.78. The van der Waals surface area contributed by atoms with Gasteiger partial charge in [0.05, 0.1) is 35.6 Å². The first kappa shape index (κ1) is 44.3. The summed E-state index contributed by atoms with van der Waals surface area (Å²) < 4.78 is 30.3. The standard InChI is InChI=1S/C47H51NO14/c1-25-31(60-43(56)36(52)35(28-16-10-7-11-17-28)48-41(54)29-18-12-8-13-19-29)23-47(57)40(61-42(55)30-20-14-9-15-21-30)38-45(6,32(51)22-33-46(38,24-58-33)62-27(3)50)39(53)37(59-26(2)49)34(25)44(47,4)5/h7-21,31-33,35-38,40,51-52,57H,22-24H2,1-6H3,(H,48,54)/t31?,32?,33-,35-,36+,37?,38-,40-,45?,46-,47?/m0/s1. The second-order valence-electron chi connectivity index (χ2n) is 17.4. The molecule has 4 aliphatic rings. The number of Topliss-reactive ketones (excluding diaryl/α,β-unsaturated/α-hetero) is 1. The molecular weight excluding hydrogens is 803 g/mol. The van der Waals surface area contributed by atoms with Gasteiger partial charge in [-0.2, -0.15) is 0 Å². The number of aliphatic hydroxyl groups is 3. The number of rotatable bonds is 10. The van der Waals surface area contributed by atoms with Crippen molar-refractivity contribution >= 4 is 35.6 Å². The van der Waals surface area contributed by atoms with Crippen LogP contribution in [-0.4, -0.2) is 105 Å². The zero-order valence-electron chi connectivity index (χ0n) is 35.2. The van der Waals surface area contributed by atoms with E-state index in [-0.39, 0.29) is 35.3 Å². The molecule has 5 unspecified atom stereocenters. The van der Waals surface area contributed by atoms with Gasteiger partial charge in [0, 0.05) is 37.7 Å². The number of hydrogen-bond donors (Lipinski definition) is 4. The van der Waals surface area contributed by atoms with Gasteiger partial charge in [0.15, 0.2) is 23.6 Å². The number of carbonyl (C=O) groups excluding carboxylic acids is 6. The van der Waals surface area contributed by atoms with Crippen molar-refractivity contribution in [3.05, 3.63) is 119 Å². The molecule has 0 aromatic heterocycles. The average molecular weight is 854 g/mol. The van der Waals surface area contributed by atoms with Crippen molar-refractivity contribution in [3.8, 4) is 0 Å². The number of benzene rings is 3. The van der Waals surface area contributed by atoms with E-state index in [1.165, 1.54) is 26.0 Å². The number of nitrogens with one attached hydrogen (secondary N) is 1. The summed E-state index contributed by atoms with van der Waals surface area (Å²) in [5.41, 5.74) is -7.02. The van der Waals surface area contributed by atoms with E-state index < -0.39 is 113 Å². The van der Waals surface area contributed by atoms with E-state index in [1.54, 1.807) is 92.7 Å². The van der Waals surface area contributed by atoms with Crippen LogP contribution < -0.4 is 5.32 Å². The molecule has 3 aliphatic carbocycles. The molecule has 62 heavy (non-hydrogen) atoms. The second kappa shape index (κ2) is 16.5. The van der Waals surface area contributed by atoms with E-state index in [4.69, 9.17) is 23.7 Å². The Bertz CT molecular complexity index is 2280. The maximum Gasteiger partial charge on any atom is 0.338 e. The van der Waals surface area contributed by atoms with Crippen molar-refractivity contribution < 1.29 is 67.8 Å². The van der Waals surface area contributed by atoms with E-state index in [9.17, 15) is 39.3 Å². The lowest BCUT2D eigenvalue weighted by molar-refractivity contribution is -0.346. The van der Waals surface area contributed by atoms with Crippen LogP contribution in [0.1, 0.15) is 86.7 Å². The van der Waals surface area contributed by atoms with Gasteiger partial charge < -0.3 is 44.3 Å². The minimum Gasteiger partial charge on any atom is -0.456 e. The van der Waals surface area contributed by atoms with E-state index in [1.807, 2.05) is 0 Å². The van der Waals surface area contributed by atoms with Crippen LogP contribution >= 0.6 is 0 Å². The molecule has 3 fully saturated rings. The first-order valence-electron chi connectivity index (χ1n) is 20.5. The molecule has 3 aromatic rings. The third kappa shape index (κ3) is 7.29. The number of carbonyl (C=O) groups is 6. The largest absolute Gasteiger partial charge is 0.456 e. The summed E-state index contributed by atoms with van der Waals surface area (Å²) in [6.45, 7) is 7.97. The fourth-order valence-corrected chi connectivity index (χ4v) is 10.2. The number of aliphatic hydroxyl groups excluding tert-OH is 2. The average Bonchev–Trinajstić information content (AvgIpc) is 3.24. The third-order valence-corrected chi connectivity index (χ3v) is 13.5. The number of ketones is 1. The summed E-state index contributed by atoms with van der Waals surface area (Å²) in [5.74, 6) is -6.84. The zero-order chi connectivity index (χ0) is 44.9. The van der Waals surface area contributed by atoms with Crippen LogP contribution in [0.3, 0.4) is 0 Å². The highest BCUT2D eigenvalue weighted by atomic mass is 16.6. The molecule has 2 saturated carbocycles. The number of esters is 4. The molecule has 7 rings (SSSR count). The monoisotopic (exact) mass is 853 g/mol. The predicted molar refractivity (Wildman–Crippen MR) is 218 cm³/mol. The van der Waals surface area contributed by atoms with Gasteiger partial charge in [0.2, 0.25) is 0 Å². The van der Waals surface area contributed by atoms with Gasteiger partial charge in [-0.1, -0.05) is 80.6 Å². The Morgan fingerprint density at radius 2 is 1.40 bits per heavy atom. The Morgan fingerprint density at radius 1 is 0.823 bits per heavy atom. The highest BCUT2D eigenvalue weighted by molar-refractivity contribution is 5.96. The van der Waals surface area contributed by atoms with Gasteiger partial charge in [-0.25, -0.2) is 9.59 Å². The smallest absolute Gasteiger partial charge is 0.338 e. The molecule has 328 valence electrons. The van der Waals surface area contributed by atoms with E-state index >= 15 is 4.79 Å². The van der Waals surface area contributed by atoms with Crippen molar-refractivity contribution in [2.75, 3.05) is 6.61 Å². The van der Waals surface area contributed by atoms with Crippen LogP contribution in [0.4, 0.5) is 0 Å². The lowest BCUT2D eigenvalue weighted by Crippen LogP contribution is -2.82. The van der Waals surface area contributed by atoms with Gasteiger partial charge in [-0.3, -0.25) is 19.2 Å². The molecule has 0 radical (unpaired) electrons. The first-order valence-corrected chi connectivity index (χ1v) is 20.5. The van der Waals surface area contributed by atoms with Crippen molar-refractivity contribution in [2.45, 2.75) is 108 Å². The molecule has 1 heterocycles. The Morgan fingerprint density at radius 3 is 1.95 bits per heavy atom. The Hall–Kier alpha value is -5.74. The zero-order valence-corrected chi connectivity index (χ0v) is 35.2. The molecule has 1 saturated heterocycles. The lowest BCUT2D eigenvalue weighted by atomic mass is 9.44. The summed E-state index contributed by atoms with van der Waals surface area (Å²) in [4.78, 5) is 83.5. The summed E-state index contributed by atoms with van der Waals surface area (Å²) in [7, 11) is 0. The summed E-state index contributed by atoms with van der Waals surface area (Å²) in [5, 5.41) is 40.2. The SMILES string of the molecule is CC(=O)OC1C(=O)C2(C)C(O)C[C@@H]3OC[C@@]3(OC(C)=O)[C@H]2[C@H](OC(=O)c2ccccc2)C2(O)CC(OC(=O)[C@H](O)[C@@H](NC(=O)c3ccccc3)c3ccccc3)C(C)=C1C2(C)C. The van der Waals surface area contributed by atoms with Crippen molar-refractivity contribution in [1.29, 1.82) is 0 Å². The Balaban J connectivity index is 1.39. The quantitative estimate of drug-likeness (QED) is 0.130. The van der Waals surface area contributed by atoms with Crippen LogP contribution in [0, 0.1) is 16.7 Å². The summed E-state index contributed by atoms with van der Waals surface area (Å²) >= 11 is 0. The predicted octanol–water partition coefficient (Wildman–Crippen LogP) is 3.74.